The second-order valence-corrected chi connectivity index (χ2v) is 7.26. The van der Waals surface area contributed by atoms with Crippen molar-refractivity contribution in [2.24, 2.45) is 11.8 Å². The third-order valence-corrected chi connectivity index (χ3v) is 5.43. The lowest BCUT2D eigenvalue weighted by Crippen LogP contribution is -2.35. The number of anilines is 1. The molecule has 2 saturated carbocycles. The number of aromatic amines is 1. The predicted molar refractivity (Wildman–Crippen MR) is 67.2 cm³/mol. The minimum atomic E-state index is -3.48. The normalized spacial score (nSPS) is 20.5. The summed E-state index contributed by atoms with van der Waals surface area (Å²) in [7, 11) is -3.48. The Morgan fingerprint density at radius 2 is 1.83 bits per heavy atom. The fourth-order valence-corrected chi connectivity index (χ4v) is 3.68. The quantitative estimate of drug-likeness (QED) is 0.800. The zero-order valence-electron chi connectivity index (χ0n) is 10.2. The fraction of sp³-hybridized carbons (Fsp3) is 0.727. The van der Waals surface area contributed by atoms with E-state index in [9.17, 15) is 8.42 Å². The van der Waals surface area contributed by atoms with Crippen molar-refractivity contribution in [2.45, 2.75) is 30.6 Å². The lowest BCUT2D eigenvalue weighted by atomic mass is 10.4. The van der Waals surface area contributed by atoms with E-state index in [1.807, 2.05) is 0 Å². The zero-order chi connectivity index (χ0) is 12.8. The van der Waals surface area contributed by atoms with Gasteiger partial charge in [-0.3, -0.25) is 5.10 Å². The summed E-state index contributed by atoms with van der Waals surface area (Å²) in [4.78, 5) is 0.115. The molecule has 2 fully saturated rings. The SMILES string of the molecule is Nc1[nH]ncc1S(=O)(=O)N(CC1CC1)CC1CC1. The summed E-state index contributed by atoms with van der Waals surface area (Å²) in [6, 6.07) is 0. The Kier molecular flexibility index (Phi) is 2.82. The van der Waals surface area contributed by atoms with Crippen molar-refractivity contribution in [2.75, 3.05) is 18.8 Å². The van der Waals surface area contributed by atoms with Crippen LogP contribution in [0.2, 0.25) is 0 Å². The van der Waals surface area contributed by atoms with E-state index in [1.54, 1.807) is 4.31 Å². The third-order valence-electron chi connectivity index (χ3n) is 3.57. The Labute approximate surface area is 107 Å². The van der Waals surface area contributed by atoms with Gasteiger partial charge in [0.05, 0.1) is 6.20 Å². The Hall–Kier alpha value is -1.08. The van der Waals surface area contributed by atoms with E-state index >= 15 is 0 Å². The maximum absolute atomic E-state index is 12.5. The van der Waals surface area contributed by atoms with Gasteiger partial charge in [-0.15, -0.1) is 0 Å². The van der Waals surface area contributed by atoms with Gasteiger partial charge in [-0.05, 0) is 37.5 Å². The van der Waals surface area contributed by atoms with Crippen LogP contribution in [0.25, 0.3) is 0 Å². The van der Waals surface area contributed by atoms with Crippen LogP contribution in [0.5, 0.6) is 0 Å². The van der Waals surface area contributed by atoms with Crippen molar-refractivity contribution in [3.8, 4) is 0 Å². The number of hydrogen-bond acceptors (Lipinski definition) is 4. The minimum Gasteiger partial charge on any atom is -0.383 e. The number of hydrogen-bond donors (Lipinski definition) is 2. The summed E-state index contributed by atoms with van der Waals surface area (Å²) in [5, 5.41) is 6.19. The smallest absolute Gasteiger partial charge is 0.248 e. The molecule has 1 heterocycles. The number of aromatic nitrogens is 2. The molecule has 0 atom stereocenters. The maximum Gasteiger partial charge on any atom is 0.248 e. The molecule has 0 aliphatic heterocycles. The van der Waals surface area contributed by atoms with E-state index in [-0.39, 0.29) is 10.7 Å². The van der Waals surface area contributed by atoms with E-state index in [2.05, 4.69) is 10.2 Å². The van der Waals surface area contributed by atoms with Gasteiger partial charge in [-0.2, -0.15) is 9.40 Å². The first-order valence-corrected chi connectivity index (χ1v) is 7.80. The van der Waals surface area contributed by atoms with Crippen LogP contribution in [0.1, 0.15) is 25.7 Å². The fourth-order valence-electron chi connectivity index (χ4n) is 2.08. The first-order chi connectivity index (χ1) is 8.57. The number of nitrogen functional groups attached to an aromatic ring is 1. The van der Waals surface area contributed by atoms with Crippen LogP contribution in [0.4, 0.5) is 5.82 Å². The largest absolute Gasteiger partial charge is 0.383 e. The van der Waals surface area contributed by atoms with Crippen LogP contribution in [0, 0.1) is 11.8 Å². The molecule has 0 spiro atoms. The van der Waals surface area contributed by atoms with Crippen LogP contribution in [-0.2, 0) is 10.0 Å². The number of nitrogens with one attached hydrogen (secondary N) is 1. The third kappa shape index (κ3) is 2.37. The monoisotopic (exact) mass is 270 g/mol. The van der Waals surface area contributed by atoms with Gasteiger partial charge < -0.3 is 5.73 Å². The molecule has 2 aliphatic rings. The average Bonchev–Trinajstić information content (AvgIpc) is 3.21. The highest BCUT2D eigenvalue weighted by atomic mass is 32.2. The summed E-state index contributed by atoms with van der Waals surface area (Å²) >= 11 is 0. The Morgan fingerprint density at radius 1 is 1.28 bits per heavy atom. The van der Waals surface area contributed by atoms with Gasteiger partial charge in [0.2, 0.25) is 10.0 Å². The number of rotatable bonds is 6. The molecule has 0 amide bonds. The van der Waals surface area contributed by atoms with Crippen LogP contribution in [0.3, 0.4) is 0 Å². The molecule has 1 aromatic rings. The first kappa shape index (κ1) is 12.0. The van der Waals surface area contributed by atoms with E-state index in [1.165, 1.54) is 6.20 Å². The molecule has 0 unspecified atom stereocenters. The molecule has 100 valence electrons. The van der Waals surface area contributed by atoms with Crippen molar-refractivity contribution in [3.63, 3.8) is 0 Å². The van der Waals surface area contributed by atoms with Crippen molar-refractivity contribution in [1.82, 2.24) is 14.5 Å². The molecule has 2 aliphatic carbocycles. The van der Waals surface area contributed by atoms with Gasteiger partial charge in [0.25, 0.3) is 0 Å². The summed E-state index contributed by atoms with van der Waals surface area (Å²) in [6.45, 7) is 1.26. The predicted octanol–water partition coefficient (Wildman–Crippen LogP) is 0.803. The molecule has 3 N–H and O–H groups in total. The summed E-state index contributed by atoms with van der Waals surface area (Å²) in [5.41, 5.74) is 5.63. The molecule has 7 heteroatoms. The molecule has 1 aromatic heterocycles. The highest BCUT2D eigenvalue weighted by Gasteiger charge is 2.36. The Morgan fingerprint density at radius 3 is 2.22 bits per heavy atom. The highest BCUT2D eigenvalue weighted by Crippen LogP contribution is 2.36. The Balaban J connectivity index is 1.84. The van der Waals surface area contributed by atoms with E-state index in [0.717, 1.165) is 25.7 Å². The van der Waals surface area contributed by atoms with Crippen LogP contribution in [-0.4, -0.2) is 36.0 Å². The molecular weight excluding hydrogens is 252 g/mol. The number of nitrogens with zero attached hydrogens (tertiary/aromatic N) is 2. The second-order valence-electron chi connectivity index (χ2n) is 5.36. The number of nitrogens with two attached hydrogens (primary N) is 1. The van der Waals surface area contributed by atoms with Gasteiger partial charge in [0.15, 0.2) is 0 Å². The van der Waals surface area contributed by atoms with Gasteiger partial charge in [0, 0.05) is 13.1 Å². The molecule has 18 heavy (non-hydrogen) atoms. The lowest BCUT2D eigenvalue weighted by molar-refractivity contribution is 0.382. The molecule has 3 rings (SSSR count). The topological polar surface area (TPSA) is 92.1 Å². The molecule has 0 radical (unpaired) electrons. The summed E-state index contributed by atoms with van der Waals surface area (Å²) in [5.74, 6) is 1.20. The standard InChI is InChI=1S/C11H18N4O2S/c12-11-10(5-13-14-11)18(16,17)15(6-8-1-2-8)7-9-3-4-9/h5,8-9H,1-4,6-7H2,(H3,12,13,14). The summed E-state index contributed by atoms with van der Waals surface area (Å²) in [6.07, 6.45) is 5.85. The van der Waals surface area contributed by atoms with Crippen molar-refractivity contribution in [1.29, 1.82) is 0 Å². The molecule has 6 nitrogen and oxygen atoms in total. The second kappa shape index (κ2) is 4.24. The number of H-pyrrole nitrogens is 1. The van der Waals surface area contributed by atoms with Crippen molar-refractivity contribution >= 4 is 15.8 Å². The Bertz CT molecular complexity index is 517. The van der Waals surface area contributed by atoms with E-state index < -0.39 is 10.0 Å². The highest BCUT2D eigenvalue weighted by molar-refractivity contribution is 7.89. The van der Waals surface area contributed by atoms with Crippen LogP contribution >= 0.6 is 0 Å². The van der Waals surface area contributed by atoms with Gasteiger partial charge in [0.1, 0.15) is 10.7 Å². The van der Waals surface area contributed by atoms with Gasteiger partial charge in [-0.25, -0.2) is 8.42 Å². The van der Waals surface area contributed by atoms with E-state index in [0.29, 0.717) is 24.9 Å². The molecule has 0 saturated heterocycles. The van der Waals surface area contributed by atoms with Crippen LogP contribution < -0.4 is 5.73 Å². The zero-order valence-corrected chi connectivity index (χ0v) is 11.0. The lowest BCUT2D eigenvalue weighted by Gasteiger charge is -2.21. The number of sulfonamides is 1. The first-order valence-electron chi connectivity index (χ1n) is 6.36. The minimum absolute atomic E-state index is 0.115. The average molecular weight is 270 g/mol. The molecular formula is C11H18N4O2S. The summed E-state index contributed by atoms with van der Waals surface area (Å²) < 4.78 is 26.7. The molecule has 0 aromatic carbocycles. The van der Waals surface area contributed by atoms with Crippen LogP contribution in [0.15, 0.2) is 11.1 Å². The van der Waals surface area contributed by atoms with Gasteiger partial charge in [-0.1, -0.05) is 0 Å². The van der Waals surface area contributed by atoms with Crippen molar-refractivity contribution in [3.05, 3.63) is 6.20 Å². The van der Waals surface area contributed by atoms with E-state index in [4.69, 9.17) is 5.73 Å². The van der Waals surface area contributed by atoms with Gasteiger partial charge >= 0.3 is 0 Å². The molecule has 0 bridgehead atoms. The van der Waals surface area contributed by atoms with Crippen molar-refractivity contribution < 1.29 is 8.42 Å². The maximum atomic E-state index is 12.5.